The highest BCUT2D eigenvalue weighted by molar-refractivity contribution is 5.75. The molecule has 27 heavy (non-hydrogen) atoms. The molecule has 5 heteroatoms. The second-order valence-electron chi connectivity index (χ2n) is 7.01. The summed E-state index contributed by atoms with van der Waals surface area (Å²) in [6.45, 7) is 4.30. The summed E-state index contributed by atoms with van der Waals surface area (Å²) in [5.41, 5.74) is 2.33. The SMILES string of the molecule is O=C(N[C@H](Cc1ccccc1)c1ccccc1)N1CCN(CCCO)CC1. The summed E-state index contributed by atoms with van der Waals surface area (Å²) >= 11 is 0. The summed E-state index contributed by atoms with van der Waals surface area (Å²) < 4.78 is 0. The zero-order valence-corrected chi connectivity index (χ0v) is 15.8. The van der Waals surface area contributed by atoms with Crippen molar-refractivity contribution in [3.8, 4) is 0 Å². The second kappa shape index (κ2) is 10.1. The molecule has 0 saturated carbocycles. The number of benzene rings is 2. The lowest BCUT2D eigenvalue weighted by Crippen LogP contribution is -2.52. The predicted molar refractivity (Wildman–Crippen MR) is 108 cm³/mol. The summed E-state index contributed by atoms with van der Waals surface area (Å²) in [5, 5.41) is 12.2. The van der Waals surface area contributed by atoms with Crippen LogP contribution in [0.5, 0.6) is 0 Å². The summed E-state index contributed by atoms with van der Waals surface area (Å²) in [7, 11) is 0. The van der Waals surface area contributed by atoms with E-state index in [4.69, 9.17) is 5.11 Å². The lowest BCUT2D eigenvalue weighted by atomic mass is 9.99. The quantitative estimate of drug-likeness (QED) is 0.791. The van der Waals surface area contributed by atoms with Crippen LogP contribution in [-0.2, 0) is 6.42 Å². The molecule has 144 valence electrons. The summed E-state index contributed by atoms with van der Waals surface area (Å²) in [6, 6.07) is 20.4. The van der Waals surface area contributed by atoms with Crippen LogP contribution in [0.2, 0.25) is 0 Å². The minimum atomic E-state index is -0.0477. The van der Waals surface area contributed by atoms with Crippen LogP contribution in [0.15, 0.2) is 60.7 Å². The fourth-order valence-electron chi connectivity index (χ4n) is 3.50. The maximum absolute atomic E-state index is 12.8. The highest BCUT2D eigenvalue weighted by Gasteiger charge is 2.23. The van der Waals surface area contributed by atoms with Gasteiger partial charge in [0.05, 0.1) is 6.04 Å². The van der Waals surface area contributed by atoms with Gasteiger partial charge in [-0.25, -0.2) is 4.79 Å². The molecule has 0 spiro atoms. The number of carbonyl (C=O) groups excluding carboxylic acids is 1. The molecule has 0 unspecified atom stereocenters. The first-order valence-corrected chi connectivity index (χ1v) is 9.74. The number of nitrogens with one attached hydrogen (secondary N) is 1. The van der Waals surface area contributed by atoms with Gasteiger partial charge in [-0.15, -0.1) is 0 Å². The van der Waals surface area contributed by atoms with E-state index in [9.17, 15) is 4.79 Å². The van der Waals surface area contributed by atoms with E-state index in [0.29, 0.717) is 0 Å². The molecule has 5 nitrogen and oxygen atoms in total. The molecule has 1 fully saturated rings. The Morgan fingerprint density at radius 1 is 0.963 bits per heavy atom. The third-order valence-electron chi connectivity index (χ3n) is 5.07. The lowest BCUT2D eigenvalue weighted by Gasteiger charge is -2.35. The largest absolute Gasteiger partial charge is 0.396 e. The third kappa shape index (κ3) is 5.81. The minimum Gasteiger partial charge on any atom is -0.396 e. The van der Waals surface area contributed by atoms with Crippen LogP contribution < -0.4 is 5.32 Å². The number of hydrogen-bond donors (Lipinski definition) is 2. The fraction of sp³-hybridized carbons (Fsp3) is 0.409. The van der Waals surface area contributed by atoms with E-state index in [1.165, 1.54) is 5.56 Å². The van der Waals surface area contributed by atoms with Gasteiger partial charge in [0.2, 0.25) is 0 Å². The Hall–Kier alpha value is -2.37. The first-order valence-electron chi connectivity index (χ1n) is 9.74. The Bertz CT molecular complexity index is 685. The molecular formula is C22H29N3O2. The van der Waals surface area contributed by atoms with Crippen molar-refractivity contribution in [3.05, 3.63) is 71.8 Å². The highest BCUT2D eigenvalue weighted by Crippen LogP contribution is 2.19. The molecule has 2 aromatic rings. The van der Waals surface area contributed by atoms with Crippen LogP contribution in [0.3, 0.4) is 0 Å². The molecule has 0 bridgehead atoms. The molecule has 2 N–H and O–H groups in total. The second-order valence-corrected chi connectivity index (χ2v) is 7.01. The number of urea groups is 1. The van der Waals surface area contributed by atoms with Gasteiger partial charge in [0.25, 0.3) is 0 Å². The van der Waals surface area contributed by atoms with Crippen LogP contribution in [0.4, 0.5) is 4.79 Å². The molecule has 2 amide bonds. The van der Waals surface area contributed by atoms with E-state index in [1.807, 2.05) is 41.3 Å². The molecule has 3 rings (SSSR count). The maximum Gasteiger partial charge on any atom is 0.317 e. The van der Waals surface area contributed by atoms with Crippen LogP contribution in [0.25, 0.3) is 0 Å². The van der Waals surface area contributed by atoms with Gasteiger partial charge in [0.1, 0.15) is 0 Å². The number of nitrogens with zero attached hydrogens (tertiary/aromatic N) is 2. The van der Waals surface area contributed by atoms with Crippen LogP contribution in [-0.4, -0.2) is 60.3 Å². The zero-order chi connectivity index (χ0) is 18.9. The van der Waals surface area contributed by atoms with E-state index in [-0.39, 0.29) is 18.7 Å². The first-order chi connectivity index (χ1) is 13.3. The number of carbonyl (C=O) groups is 1. The molecule has 1 heterocycles. The van der Waals surface area contributed by atoms with Gasteiger partial charge in [0, 0.05) is 39.3 Å². The average molecular weight is 367 g/mol. The Morgan fingerprint density at radius 3 is 2.22 bits per heavy atom. The zero-order valence-electron chi connectivity index (χ0n) is 15.8. The minimum absolute atomic E-state index is 0.00147. The maximum atomic E-state index is 12.8. The standard InChI is InChI=1S/C22H29N3O2/c26-17-7-12-24-13-15-25(16-14-24)22(27)23-21(20-10-5-2-6-11-20)18-19-8-3-1-4-9-19/h1-6,8-11,21,26H,7,12-18H2,(H,23,27)/t21-/m1/s1. The molecule has 1 atom stereocenters. The summed E-state index contributed by atoms with van der Waals surface area (Å²) in [6.07, 6.45) is 1.56. The summed E-state index contributed by atoms with van der Waals surface area (Å²) in [5.74, 6) is 0. The van der Waals surface area contributed by atoms with Crippen molar-refractivity contribution in [3.63, 3.8) is 0 Å². The van der Waals surface area contributed by atoms with Crippen molar-refractivity contribution in [2.45, 2.75) is 18.9 Å². The van der Waals surface area contributed by atoms with Crippen LogP contribution >= 0.6 is 0 Å². The normalized spacial score (nSPS) is 16.1. The van der Waals surface area contributed by atoms with Crippen molar-refractivity contribution >= 4 is 6.03 Å². The van der Waals surface area contributed by atoms with Crippen LogP contribution in [0.1, 0.15) is 23.6 Å². The molecule has 0 radical (unpaired) electrons. The number of rotatable bonds is 7. The van der Waals surface area contributed by atoms with E-state index >= 15 is 0 Å². The average Bonchev–Trinajstić information content (AvgIpc) is 2.73. The highest BCUT2D eigenvalue weighted by atomic mass is 16.3. The predicted octanol–water partition coefficient (Wildman–Crippen LogP) is 2.68. The number of amides is 2. The van der Waals surface area contributed by atoms with Crippen LogP contribution in [0, 0.1) is 0 Å². The van der Waals surface area contributed by atoms with Gasteiger partial charge in [-0.2, -0.15) is 0 Å². The van der Waals surface area contributed by atoms with Gasteiger partial charge < -0.3 is 15.3 Å². The van der Waals surface area contributed by atoms with Gasteiger partial charge in [-0.05, 0) is 24.0 Å². The Labute approximate surface area is 161 Å². The van der Waals surface area contributed by atoms with E-state index in [0.717, 1.165) is 51.1 Å². The van der Waals surface area contributed by atoms with Gasteiger partial charge >= 0.3 is 6.03 Å². The first kappa shape index (κ1) is 19.4. The molecule has 1 aliphatic heterocycles. The van der Waals surface area contributed by atoms with Gasteiger partial charge in [-0.1, -0.05) is 60.7 Å². The smallest absolute Gasteiger partial charge is 0.317 e. The molecule has 1 saturated heterocycles. The van der Waals surface area contributed by atoms with Crippen molar-refractivity contribution in [2.24, 2.45) is 0 Å². The third-order valence-corrected chi connectivity index (χ3v) is 5.07. The Morgan fingerprint density at radius 2 is 1.59 bits per heavy atom. The van der Waals surface area contributed by atoms with Crippen molar-refractivity contribution in [1.29, 1.82) is 0 Å². The Balaban J connectivity index is 1.61. The van der Waals surface area contributed by atoms with Crippen molar-refractivity contribution in [2.75, 3.05) is 39.3 Å². The summed E-state index contributed by atoms with van der Waals surface area (Å²) in [4.78, 5) is 17.1. The topological polar surface area (TPSA) is 55.8 Å². The number of hydrogen-bond acceptors (Lipinski definition) is 3. The molecule has 2 aromatic carbocycles. The molecule has 0 aromatic heterocycles. The number of aliphatic hydroxyl groups is 1. The van der Waals surface area contributed by atoms with Gasteiger partial charge in [0.15, 0.2) is 0 Å². The lowest BCUT2D eigenvalue weighted by molar-refractivity contribution is 0.130. The molecular weight excluding hydrogens is 338 g/mol. The number of piperazine rings is 1. The van der Waals surface area contributed by atoms with E-state index in [2.05, 4.69) is 34.5 Å². The van der Waals surface area contributed by atoms with Gasteiger partial charge in [-0.3, -0.25) is 4.90 Å². The fourth-order valence-corrected chi connectivity index (χ4v) is 3.50. The monoisotopic (exact) mass is 367 g/mol. The van der Waals surface area contributed by atoms with Crippen molar-refractivity contribution in [1.82, 2.24) is 15.1 Å². The Kier molecular flexibility index (Phi) is 7.25. The van der Waals surface area contributed by atoms with Crippen molar-refractivity contribution < 1.29 is 9.90 Å². The van der Waals surface area contributed by atoms with E-state index < -0.39 is 0 Å². The number of aliphatic hydroxyl groups excluding tert-OH is 1. The van der Waals surface area contributed by atoms with E-state index in [1.54, 1.807) is 0 Å². The molecule has 1 aliphatic rings. The molecule has 0 aliphatic carbocycles.